The minimum atomic E-state index is 0.553. The average molecular weight is 247 g/mol. The first kappa shape index (κ1) is 13.5. The second-order valence-corrected chi connectivity index (χ2v) is 6.00. The molecule has 100 valence electrons. The van der Waals surface area contributed by atoms with Crippen molar-refractivity contribution in [1.82, 2.24) is 15.2 Å². The van der Waals surface area contributed by atoms with Crippen molar-refractivity contribution in [2.24, 2.45) is 5.41 Å². The van der Waals surface area contributed by atoms with Gasteiger partial charge in [-0.05, 0) is 43.5 Å². The van der Waals surface area contributed by atoms with E-state index in [-0.39, 0.29) is 0 Å². The lowest BCUT2D eigenvalue weighted by Crippen LogP contribution is -2.40. The molecule has 3 nitrogen and oxygen atoms in total. The van der Waals surface area contributed by atoms with Gasteiger partial charge >= 0.3 is 0 Å². The van der Waals surface area contributed by atoms with Crippen molar-refractivity contribution in [3.63, 3.8) is 0 Å². The molecular formula is C15H25N3. The zero-order valence-electron chi connectivity index (χ0n) is 11.7. The van der Waals surface area contributed by atoms with Crippen molar-refractivity contribution in [2.75, 3.05) is 26.2 Å². The van der Waals surface area contributed by atoms with Crippen molar-refractivity contribution in [2.45, 2.75) is 33.2 Å². The molecule has 0 aromatic carbocycles. The van der Waals surface area contributed by atoms with Crippen LogP contribution in [0.2, 0.25) is 0 Å². The van der Waals surface area contributed by atoms with E-state index in [1.165, 1.54) is 25.9 Å². The highest BCUT2D eigenvalue weighted by molar-refractivity contribution is 5.02. The summed E-state index contributed by atoms with van der Waals surface area (Å²) in [5, 5.41) is 3.47. The molecule has 0 atom stereocenters. The molecule has 0 amide bonds. The third-order valence-corrected chi connectivity index (χ3v) is 3.85. The molecule has 0 unspecified atom stereocenters. The second kappa shape index (κ2) is 6.30. The van der Waals surface area contributed by atoms with Crippen molar-refractivity contribution >= 4 is 0 Å². The van der Waals surface area contributed by atoms with E-state index >= 15 is 0 Å². The first-order chi connectivity index (χ1) is 8.66. The molecule has 1 aromatic rings. The fourth-order valence-corrected chi connectivity index (χ4v) is 2.34. The van der Waals surface area contributed by atoms with Crippen molar-refractivity contribution in [1.29, 1.82) is 0 Å². The van der Waals surface area contributed by atoms with Gasteiger partial charge in [-0.15, -0.1) is 0 Å². The highest BCUT2D eigenvalue weighted by atomic mass is 15.1. The van der Waals surface area contributed by atoms with Crippen LogP contribution >= 0.6 is 0 Å². The van der Waals surface area contributed by atoms with Gasteiger partial charge in [0, 0.05) is 25.8 Å². The fourth-order valence-electron chi connectivity index (χ4n) is 2.34. The van der Waals surface area contributed by atoms with Crippen molar-refractivity contribution in [3.8, 4) is 0 Å². The maximum Gasteiger partial charge on any atom is 0.0541 e. The second-order valence-electron chi connectivity index (χ2n) is 6.00. The molecule has 0 saturated carbocycles. The number of hydrogen-bond acceptors (Lipinski definition) is 3. The van der Waals surface area contributed by atoms with E-state index in [1.807, 2.05) is 18.3 Å². The Morgan fingerprint density at radius 1 is 1.28 bits per heavy atom. The number of nitrogens with one attached hydrogen (secondary N) is 1. The van der Waals surface area contributed by atoms with Gasteiger partial charge < -0.3 is 10.2 Å². The number of hydrogen-bond donors (Lipinski definition) is 1. The molecule has 1 aliphatic rings. The predicted molar refractivity (Wildman–Crippen MR) is 75.4 cm³/mol. The molecule has 1 saturated heterocycles. The number of aromatic nitrogens is 1. The molecule has 2 heterocycles. The lowest BCUT2D eigenvalue weighted by molar-refractivity contribution is 0.133. The summed E-state index contributed by atoms with van der Waals surface area (Å²) in [5.74, 6) is 0. The number of nitrogens with zero attached hydrogens (tertiary/aromatic N) is 2. The van der Waals surface area contributed by atoms with Gasteiger partial charge in [-0.3, -0.25) is 4.98 Å². The summed E-state index contributed by atoms with van der Waals surface area (Å²) in [6.45, 7) is 10.3. The summed E-state index contributed by atoms with van der Waals surface area (Å²) in [6.07, 6.45) is 4.50. The molecule has 0 aliphatic carbocycles. The molecular weight excluding hydrogens is 222 g/mol. The van der Waals surface area contributed by atoms with Crippen LogP contribution in [0.4, 0.5) is 0 Å². The smallest absolute Gasteiger partial charge is 0.0541 e. The van der Waals surface area contributed by atoms with Crippen LogP contribution in [0.3, 0.4) is 0 Å². The normalized spacial score (nSPS) is 19.9. The van der Waals surface area contributed by atoms with Crippen LogP contribution in [0, 0.1) is 5.41 Å². The van der Waals surface area contributed by atoms with Gasteiger partial charge in [0.05, 0.1) is 5.69 Å². The standard InChI is InChI=1S/C15H25N3/c1-15(2)6-10-18(11-7-15)12-9-16-13-14-5-3-4-8-17-14/h3-5,8,16H,6-7,9-13H2,1-2H3. The molecule has 0 bridgehead atoms. The molecule has 1 N–H and O–H groups in total. The minimum Gasteiger partial charge on any atom is -0.310 e. The Morgan fingerprint density at radius 3 is 2.72 bits per heavy atom. The van der Waals surface area contributed by atoms with E-state index in [9.17, 15) is 0 Å². The van der Waals surface area contributed by atoms with Gasteiger partial charge in [-0.25, -0.2) is 0 Å². The SMILES string of the molecule is CC1(C)CCN(CCNCc2ccccn2)CC1. The Labute approximate surface area is 111 Å². The molecule has 3 heteroatoms. The van der Waals surface area contributed by atoms with Crippen LogP contribution in [-0.4, -0.2) is 36.1 Å². The predicted octanol–water partition coefficient (Wildman–Crippen LogP) is 2.29. The van der Waals surface area contributed by atoms with Crippen LogP contribution in [0.1, 0.15) is 32.4 Å². The zero-order chi connectivity index (χ0) is 12.8. The Kier molecular flexibility index (Phi) is 4.72. The first-order valence-corrected chi connectivity index (χ1v) is 6.99. The zero-order valence-corrected chi connectivity index (χ0v) is 11.7. The fraction of sp³-hybridized carbons (Fsp3) is 0.667. The Morgan fingerprint density at radius 2 is 2.06 bits per heavy atom. The third-order valence-electron chi connectivity index (χ3n) is 3.85. The van der Waals surface area contributed by atoms with Crippen molar-refractivity contribution < 1.29 is 0 Å². The van der Waals surface area contributed by atoms with Crippen LogP contribution in [0.25, 0.3) is 0 Å². The minimum absolute atomic E-state index is 0.553. The summed E-state index contributed by atoms with van der Waals surface area (Å²) in [4.78, 5) is 6.87. The molecule has 0 spiro atoms. The van der Waals surface area contributed by atoms with E-state index in [0.29, 0.717) is 5.41 Å². The first-order valence-electron chi connectivity index (χ1n) is 6.99. The quantitative estimate of drug-likeness (QED) is 0.809. The lowest BCUT2D eigenvalue weighted by atomic mass is 9.83. The number of rotatable bonds is 5. The van der Waals surface area contributed by atoms with E-state index < -0.39 is 0 Å². The van der Waals surface area contributed by atoms with Crippen LogP contribution in [0.15, 0.2) is 24.4 Å². The summed E-state index contributed by atoms with van der Waals surface area (Å²) >= 11 is 0. The Hall–Kier alpha value is -0.930. The van der Waals surface area contributed by atoms with E-state index in [4.69, 9.17) is 0 Å². The molecule has 1 fully saturated rings. The van der Waals surface area contributed by atoms with E-state index in [1.54, 1.807) is 0 Å². The molecule has 18 heavy (non-hydrogen) atoms. The van der Waals surface area contributed by atoms with Crippen LogP contribution < -0.4 is 5.32 Å². The summed E-state index contributed by atoms with van der Waals surface area (Å²) < 4.78 is 0. The molecule has 1 aromatic heterocycles. The number of piperidine rings is 1. The third kappa shape index (κ3) is 4.39. The topological polar surface area (TPSA) is 28.2 Å². The van der Waals surface area contributed by atoms with Gasteiger partial charge in [0.2, 0.25) is 0 Å². The van der Waals surface area contributed by atoms with Crippen molar-refractivity contribution in [3.05, 3.63) is 30.1 Å². The maximum absolute atomic E-state index is 4.31. The average Bonchev–Trinajstić information content (AvgIpc) is 2.37. The molecule has 1 aliphatic heterocycles. The molecule has 2 rings (SSSR count). The maximum atomic E-state index is 4.31. The highest BCUT2D eigenvalue weighted by Crippen LogP contribution is 2.29. The van der Waals surface area contributed by atoms with E-state index in [2.05, 4.69) is 35.1 Å². The summed E-state index contributed by atoms with van der Waals surface area (Å²) in [5.41, 5.74) is 1.68. The van der Waals surface area contributed by atoms with E-state index in [0.717, 1.165) is 25.3 Å². The largest absolute Gasteiger partial charge is 0.310 e. The Bertz CT molecular complexity index is 338. The monoisotopic (exact) mass is 247 g/mol. The van der Waals surface area contributed by atoms with Gasteiger partial charge in [0.25, 0.3) is 0 Å². The van der Waals surface area contributed by atoms with Gasteiger partial charge in [-0.1, -0.05) is 19.9 Å². The number of likely N-dealkylation sites (tertiary alicyclic amines) is 1. The summed E-state index contributed by atoms with van der Waals surface area (Å²) in [7, 11) is 0. The van der Waals surface area contributed by atoms with Gasteiger partial charge in [-0.2, -0.15) is 0 Å². The lowest BCUT2D eigenvalue weighted by Gasteiger charge is -2.36. The van der Waals surface area contributed by atoms with Gasteiger partial charge in [0.1, 0.15) is 0 Å². The summed E-state index contributed by atoms with van der Waals surface area (Å²) in [6, 6.07) is 6.06. The van der Waals surface area contributed by atoms with Crippen LogP contribution in [0.5, 0.6) is 0 Å². The Balaban J connectivity index is 1.59. The van der Waals surface area contributed by atoms with Gasteiger partial charge in [0.15, 0.2) is 0 Å². The highest BCUT2D eigenvalue weighted by Gasteiger charge is 2.24. The molecule has 0 radical (unpaired) electrons. The number of pyridine rings is 1. The van der Waals surface area contributed by atoms with Crippen LogP contribution in [-0.2, 0) is 6.54 Å².